The van der Waals surface area contributed by atoms with Gasteiger partial charge in [0.25, 0.3) is 0 Å². The Morgan fingerprint density at radius 1 is 1.43 bits per heavy atom. The summed E-state index contributed by atoms with van der Waals surface area (Å²) < 4.78 is 41.8. The zero-order chi connectivity index (χ0) is 10.9. The normalized spacial score (nSPS) is 14.4. The van der Waals surface area contributed by atoms with Crippen molar-refractivity contribution in [3.05, 3.63) is 17.3 Å². The summed E-state index contributed by atoms with van der Waals surface area (Å²) in [5.74, 6) is -1.12. The van der Waals surface area contributed by atoms with Gasteiger partial charge < -0.3 is 4.42 Å². The van der Waals surface area contributed by atoms with Gasteiger partial charge >= 0.3 is 6.18 Å². The Morgan fingerprint density at radius 2 is 2.00 bits per heavy atom. The van der Waals surface area contributed by atoms with Crippen molar-refractivity contribution in [3.63, 3.8) is 0 Å². The van der Waals surface area contributed by atoms with Gasteiger partial charge in [-0.25, -0.2) is 4.98 Å². The molecule has 0 aliphatic rings. The minimum Gasteiger partial charge on any atom is -0.436 e. The Morgan fingerprint density at radius 3 is 2.43 bits per heavy atom. The van der Waals surface area contributed by atoms with Gasteiger partial charge in [0.15, 0.2) is 5.89 Å². The highest BCUT2D eigenvalue weighted by atomic mass is 19.4. The smallest absolute Gasteiger partial charge is 0.436 e. The van der Waals surface area contributed by atoms with Crippen LogP contribution in [0.25, 0.3) is 0 Å². The number of alkyl halides is 3. The molecule has 14 heavy (non-hydrogen) atoms. The Labute approximate surface area is 80.1 Å². The van der Waals surface area contributed by atoms with Crippen LogP contribution in [0.4, 0.5) is 13.2 Å². The van der Waals surface area contributed by atoms with Crippen molar-refractivity contribution in [3.8, 4) is 0 Å². The summed E-state index contributed by atoms with van der Waals surface area (Å²) in [4.78, 5) is 3.76. The minimum atomic E-state index is -4.44. The SMILES string of the molecule is CCC(C)c1nc(C)oc1C(F)(F)F. The lowest BCUT2D eigenvalue weighted by Gasteiger charge is -2.08. The summed E-state index contributed by atoms with van der Waals surface area (Å²) in [5.41, 5.74) is 0.0116. The highest BCUT2D eigenvalue weighted by Gasteiger charge is 2.40. The van der Waals surface area contributed by atoms with Gasteiger partial charge in [-0.05, 0) is 6.42 Å². The maximum atomic E-state index is 12.4. The van der Waals surface area contributed by atoms with E-state index in [1.807, 2.05) is 6.92 Å². The van der Waals surface area contributed by atoms with Crippen LogP contribution >= 0.6 is 0 Å². The molecule has 0 bridgehead atoms. The van der Waals surface area contributed by atoms with E-state index in [1.54, 1.807) is 6.92 Å². The summed E-state index contributed by atoms with van der Waals surface area (Å²) in [7, 11) is 0. The van der Waals surface area contributed by atoms with E-state index >= 15 is 0 Å². The summed E-state index contributed by atoms with van der Waals surface area (Å²) >= 11 is 0. The molecule has 0 aliphatic carbocycles. The molecular weight excluding hydrogens is 195 g/mol. The molecule has 1 aromatic rings. The molecule has 1 rings (SSSR count). The topological polar surface area (TPSA) is 26.0 Å². The average molecular weight is 207 g/mol. The van der Waals surface area contributed by atoms with Crippen LogP contribution in [-0.2, 0) is 6.18 Å². The van der Waals surface area contributed by atoms with Crippen LogP contribution in [-0.4, -0.2) is 4.98 Å². The monoisotopic (exact) mass is 207 g/mol. The fraction of sp³-hybridized carbons (Fsp3) is 0.667. The van der Waals surface area contributed by atoms with E-state index in [9.17, 15) is 13.2 Å². The average Bonchev–Trinajstić information content (AvgIpc) is 2.45. The second-order valence-corrected chi connectivity index (χ2v) is 3.25. The van der Waals surface area contributed by atoms with E-state index < -0.39 is 11.9 Å². The third-order valence-electron chi connectivity index (χ3n) is 2.10. The number of aromatic nitrogens is 1. The maximum Gasteiger partial charge on any atom is 0.451 e. The third kappa shape index (κ3) is 2.08. The number of oxazole rings is 1. The molecule has 1 heterocycles. The molecule has 0 spiro atoms. The molecular formula is C9H12F3NO. The zero-order valence-corrected chi connectivity index (χ0v) is 8.27. The van der Waals surface area contributed by atoms with Crippen LogP contribution in [0.5, 0.6) is 0 Å². The van der Waals surface area contributed by atoms with E-state index in [0.29, 0.717) is 6.42 Å². The summed E-state index contributed by atoms with van der Waals surface area (Å²) in [6, 6.07) is 0. The highest BCUT2D eigenvalue weighted by Crippen LogP contribution is 2.36. The number of hydrogen-bond donors (Lipinski definition) is 0. The molecule has 0 saturated heterocycles. The standard InChI is InChI=1S/C9H12F3NO/c1-4-5(2)7-8(9(10,11)12)14-6(3)13-7/h5H,4H2,1-3H3. The Hall–Kier alpha value is -1.00. The Balaban J connectivity index is 3.16. The summed E-state index contributed by atoms with van der Waals surface area (Å²) in [6.45, 7) is 4.93. The highest BCUT2D eigenvalue weighted by molar-refractivity contribution is 5.17. The van der Waals surface area contributed by atoms with E-state index in [4.69, 9.17) is 0 Å². The number of nitrogens with zero attached hydrogens (tertiary/aromatic N) is 1. The van der Waals surface area contributed by atoms with Gasteiger partial charge in [-0.3, -0.25) is 0 Å². The molecule has 2 nitrogen and oxygen atoms in total. The van der Waals surface area contributed by atoms with Gasteiger partial charge in [0, 0.05) is 12.8 Å². The first-order chi connectivity index (χ1) is 6.36. The minimum absolute atomic E-state index is 0.0116. The van der Waals surface area contributed by atoms with E-state index in [0.717, 1.165) is 0 Å². The first-order valence-corrected chi connectivity index (χ1v) is 4.40. The van der Waals surface area contributed by atoms with Gasteiger partial charge in [0.2, 0.25) is 5.76 Å². The molecule has 80 valence electrons. The summed E-state index contributed by atoms with van der Waals surface area (Å²) in [5, 5.41) is 0. The van der Waals surface area contributed by atoms with Crippen LogP contribution < -0.4 is 0 Å². The van der Waals surface area contributed by atoms with Crippen LogP contribution in [0.1, 0.15) is 43.5 Å². The van der Waals surface area contributed by atoms with Gasteiger partial charge in [0.05, 0.1) is 5.69 Å². The van der Waals surface area contributed by atoms with Crippen molar-refractivity contribution >= 4 is 0 Å². The summed E-state index contributed by atoms with van der Waals surface area (Å²) in [6.07, 6.45) is -3.84. The molecule has 0 saturated carbocycles. The predicted octanol–water partition coefficient (Wildman–Crippen LogP) is 3.52. The van der Waals surface area contributed by atoms with Gasteiger partial charge in [-0.2, -0.15) is 13.2 Å². The Bertz CT molecular complexity index is 316. The largest absolute Gasteiger partial charge is 0.451 e. The molecule has 0 aliphatic heterocycles. The lowest BCUT2D eigenvalue weighted by atomic mass is 10.0. The molecule has 0 N–H and O–H groups in total. The van der Waals surface area contributed by atoms with Crippen LogP contribution in [0.3, 0.4) is 0 Å². The number of aryl methyl sites for hydroxylation is 1. The van der Waals surface area contributed by atoms with Crippen molar-refractivity contribution in [1.29, 1.82) is 0 Å². The lowest BCUT2D eigenvalue weighted by Crippen LogP contribution is -2.08. The molecule has 5 heteroatoms. The number of hydrogen-bond acceptors (Lipinski definition) is 2. The van der Waals surface area contributed by atoms with Crippen molar-refractivity contribution < 1.29 is 17.6 Å². The third-order valence-corrected chi connectivity index (χ3v) is 2.10. The van der Waals surface area contributed by atoms with E-state index in [-0.39, 0.29) is 17.5 Å². The van der Waals surface area contributed by atoms with Gasteiger partial charge in [-0.1, -0.05) is 13.8 Å². The number of rotatable bonds is 2. The van der Waals surface area contributed by atoms with Gasteiger partial charge in [-0.15, -0.1) is 0 Å². The fourth-order valence-corrected chi connectivity index (χ4v) is 1.17. The van der Waals surface area contributed by atoms with Crippen molar-refractivity contribution in [1.82, 2.24) is 4.98 Å². The second-order valence-electron chi connectivity index (χ2n) is 3.25. The van der Waals surface area contributed by atoms with Crippen molar-refractivity contribution in [2.75, 3.05) is 0 Å². The Kier molecular flexibility index (Phi) is 2.87. The molecule has 1 unspecified atom stereocenters. The second kappa shape index (κ2) is 3.63. The molecule has 0 amide bonds. The zero-order valence-electron chi connectivity index (χ0n) is 8.27. The van der Waals surface area contributed by atoms with E-state index in [2.05, 4.69) is 9.40 Å². The van der Waals surface area contributed by atoms with Crippen LogP contribution in [0.15, 0.2) is 4.42 Å². The van der Waals surface area contributed by atoms with Crippen molar-refractivity contribution in [2.45, 2.75) is 39.3 Å². The molecule has 1 aromatic heterocycles. The van der Waals surface area contributed by atoms with Crippen LogP contribution in [0.2, 0.25) is 0 Å². The van der Waals surface area contributed by atoms with Crippen molar-refractivity contribution in [2.24, 2.45) is 0 Å². The molecule has 1 atom stereocenters. The fourth-order valence-electron chi connectivity index (χ4n) is 1.17. The van der Waals surface area contributed by atoms with Crippen LogP contribution in [0, 0.1) is 6.92 Å². The molecule has 0 aromatic carbocycles. The van der Waals surface area contributed by atoms with Gasteiger partial charge in [0.1, 0.15) is 0 Å². The van der Waals surface area contributed by atoms with E-state index in [1.165, 1.54) is 6.92 Å². The lowest BCUT2D eigenvalue weighted by molar-refractivity contribution is -0.154. The maximum absolute atomic E-state index is 12.4. The molecule has 0 fully saturated rings. The first kappa shape index (κ1) is 11.1. The molecule has 0 radical (unpaired) electrons. The first-order valence-electron chi connectivity index (χ1n) is 4.40. The quantitative estimate of drug-likeness (QED) is 0.741. The predicted molar refractivity (Wildman–Crippen MR) is 44.9 cm³/mol. The number of halogens is 3.